The smallest absolute Gasteiger partial charge is 0.219 e. The van der Waals surface area contributed by atoms with E-state index in [1.165, 1.54) is 0 Å². The Balaban J connectivity index is 4.24. The largest absolute Gasteiger partial charge is 0.370 e. The van der Waals surface area contributed by atoms with Gasteiger partial charge >= 0.3 is 0 Å². The number of carbonyl (C=O) groups is 1. The topological polar surface area (TPSA) is 66.9 Å². The molecule has 1 atom stereocenters. The minimum absolute atomic E-state index is 0.0928. The third-order valence-electron chi connectivity index (χ3n) is 1.43. The zero-order valence-corrected chi connectivity index (χ0v) is 6.63. The highest BCUT2D eigenvalue weighted by molar-refractivity contribution is 5.75. The molecule has 0 aromatic carbocycles. The number of primary amides is 1. The fourth-order valence-corrected chi connectivity index (χ4v) is 0.860. The van der Waals surface area contributed by atoms with Crippen LogP contribution in [-0.2, 0) is 4.79 Å². The van der Waals surface area contributed by atoms with Gasteiger partial charge in [0.1, 0.15) is 0 Å². The van der Waals surface area contributed by atoms with Gasteiger partial charge in [-0.1, -0.05) is 6.08 Å². The molecule has 0 saturated carbocycles. The van der Waals surface area contributed by atoms with E-state index >= 15 is 0 Å². The molecule has 0 bridgehead atoms. The Kier molecular flexibility index (Phi) is 3.32. The van der Waals surface area contributed by atoms with Crippen molar-refractivity contribution in [3.05, 3.63) is 12.7 Å². The maximum absolute atomic E-state index is 10.5. The van der Waals surface area contributed by atoms with E-state index in [1.807, 2.05) is 6.07 Å². The van der Waals surface area contributed by atoms with Crippen molar-refractivity contribution in [3.63, 3.8) is 0 Å². The molecule has 0 aromatic rings. The third kappa shape index (κ3) is 3.41. The molecule has 0 heterocycles. The second-order valence-electron chi connectivity index (χ2n) is 2.81. The molecular formula is C8H12N2O. The summed E-state index contributed by atoms with van der Waals surface area (Å²) in [5.41, 5.74) is 4.29. The van der Waals surface area contributed by atoms with Gasteiger partial charge < -0.3 is 5.73 Å². The maximum atomic E-state index is 10.5. The lowest BCUT2D eigenvalue weighted by atomic mass is 9.85. The zero-order chi connectivity index (χ0) is 8.91. The summed E-state index contributed by atoms with van der Waals surface area (Å²) in [6.07, 6.45) is 2.20. The van der Waals surface area contributed by atoms with E-state index < -0.39 is 11.3 Å². The molecule has 0 fully saturated rings. The van der Waals surface area contributed by atoms with Gasteiger partial charge in [-0.15, -0.1) is 6.58 Å². The Labute approximate surface area is 66.5 Å². The minimum atomic E-state index is -0.673. The van der Waals surface area contributed by atoms with Crippen LogP contribution in [0, 0.1) is 16.7 Å². The average molecular weight is 152 g/mol. The molecule has 3 heteroatoms. The Bertz CT molecular complexity index is 205. The van der Waals surface area contributed by atoms with E-state index in [0.29, 0.717) is 6.42 Å². The Morgan fingerprint density at radius 3 is 2.73 bits per heavy atom. The molecule has 0 aliphatic heterocycles. The second-order valence-corrected chi connectivity index (χ2v) is 2.81. The van der Waals surface area contributed by atoms with E-state index in [-0.39, 0.29) is 6.42 Å². The standard InChI is InChI=1S/C8H12N2O/c1-3-4-8(2,6-9)5-7(10)11/h3H,1,4-5H2,2H3,(H2,10,11). The molecule has 0 saturated heterocycles. The highest BCUT2D eigenvalue weighted by Gasteiger charge is 2.24. The van der Waals surface area contributed by atoms with E-state index in [2.05, 4.69) is 6.58 Å². The van der Waals surface area contributed by atoms with E-state index in [4.69, 9.17) is 11.0 Å². The van der Waals surface area contributed by atoms with Crippen LogP contribution >= 0.6 is 0 Å². The zero-order valence-electron chi connectivity index (χ0n) is 6.63. The summed E-state index contributed by atoms with van der Waals surface area (Å²) in [5.74, 6) is -0.448. The molecule has 0 rings (SSSR count). The van der Waals surface area contributed by atoms with Crippen molar-refractivity contribution >= 4 is 5.91 Å². The van der Waals surface area contributed by atoms with Crippen molar-refractivity contribution in [2.75, 3.05) is 0 Å². The summed E-state index contributed by atoms with van der Waals surface area (Å²) < 4.78 is 0. The number of allylic oxidation sites excluding steroid dienone is 1. The fraction of sp³-hybridized carbons (Fsp3) is 0.500. The predicted octanol–water partition coefficient (Wildman–Crippen LogP) is 0.968. The number of rotatable bonds is 4. The monoisotopic (exact) mass is 152 g/mol. The van der Waals surface area contributed by atoms with Gasteiger partial charge in [0.2, 0.25) is 5.91 Å². The van der Waals surface area contributed by atoms with Crippen molar-refractivity contribution in [1.82, 2.24) is 0 Å². The summed E-state index contributed by atoms with van der Waals surface area (Å²) in [6.45, 7) is 5.19. The lowest BCUT2D eigenvalue weighted by Crippen LogP contribution is -2.23. The molecule has 0 spiro atoms. The summed E-state index contributed by atoms with van der Waals surface area (Å²) in [4.78, 5) is 10.5. The Hall–Kier alpha value is -1.30. The van der Waals surface area contributed by atoms with Crippen molar-refractivity contribution in [2.24, 2.45) is 11.1 Å². The summed E-state index contributed by atoms with van der Waals surface area (Å²) >= 11 is 0. The number of nitrogens with two attached hydrogens (primary N) is 1. The van der Waals surface area contributed by atoms with Gasteiger partial charge in [0, 0.05) is 6.42 Å². The molecule has 60 valence electrons. The minimum Gasteiger partial charge on any atom is -0.370 e. The van der Waals surface area contributed by atoms with Crippen LogP contribution in [0.2, 0.25) is 0 Å². The van der Waals surface area contributed by atoms with Gasteiger partial charge in [0.05, 0.1) is 11.5 Å². The van der Waals surface area contributed by atoms with Crippen LogP contribution in [0.15, 0.2) is 12.7 Å². The number of nitriles is 1. The lowest BCUT2D eigenvalue weighted by molar-refractivity contribution is -0.119. The van der Waals surface area contributed by atoms with Crippen LogP contribution in [-0.4, -0.2) is 5.91 Å². The first kappa shape index (κ1) is 9.70. The summed E-state index contributed by atoms with van der Waals surface area (Å²) in [6, 6.07) is 2.04. The molecule has 11 heavy (non-hydrogen) atoms. The van der Waals surface area contributed by atoms with Crippen LogP contribution in [0.4, 0.5) is 0 Å². The maximum Gasteiger partial charge on any atom is 0.219 e. The quantitative estimate of drug-likeness (QED) is 0.610. The second kappa shape index (κ2) is 3.77. The molecule has 0 radical (unpaired) electrons. The first-order chi connectivity index (χ1) is 5.04. The van der Waals surface area contributed by atoms with Gasteiger partial charge in [0.25, 0.3) is 0 Å². The predicted molar refractivity (Wildman–Crippen MR) is 42.3 cm³/mol. The van der Waals surface area contributed by atoms with Crippen LogP contribution in [0.3, 0.4) is 0 Å². The van der Waals surface area contributed by atoms with Crippen molar-refractivity contribution < 1.29 is 4.79 Å². The van der Waals surface area contributed by atoms with Gasteiger partial charge in [0.15, 0.2) is 0 Å². The van der Waals surface area contributed by atoms with Gasteiger partial charge in [-0.2, -0.15) is 5.26 Å². The van der Waals surface area contributed by atoms with E-state index in [9.17, 15) is 4.79 Å². The first-order valence-corrected chi connectivity index (χ1v) is 3.34. The SMILES string of the molecule is C=CCC(C)(C#N)CC(N)=O. The number of hydrogen-bond acceptors (Lipinski definition) is 2. The van der Waals surface area contributed by atoms with Crippen molar-refractivity contribution in [2.45, 2.75) is 19.8 Å². The Morgan fingerprint density at radius 2 is 2.45 bits per heavy atom. The van der Waals surface area contributed by atoms with Crippen molar-refractivity contribution in [3.8, 4) is 6.07 Å². The number of amides is 1. The van der Waals surface area contributed by atoms with Gasteiger partial charge in [-0.3, -0.25) is 4.79 Å². The molecule has 1 unspecified atom stereocenters. The number of hydrogen-bond donors (Lipinski definition) is 1. The number of carbonyl (C=O) groups excluding carboxylic acids is 1. The van der Waals surface area contributed by atoms with Crippen LogP contribution in [0.1, 0.15) is 19.8 Å². The van der Waals surface area contributed by atoms with E-state index in [0.717, 1.165) is 0 Å². The molecule has 3 nitrogen and oxygen atoms in total. The van der Waals surface area contributed by atoms with Crippen LogP contribution in [0.5, 0.6) is 0 Å². The molecule has 1 amide bonds. The molecule has 0 aliphatic rings. The van der Waals surface area contributed by atoms with Gasteiger partial charge in [-0.05, 0) is 13.3 Å². The average Bonchev–Trinajstić information content (AvgIpc) is 1.87. The fourth-order valence-electron chi connectivity index (χ4n) is 0.860. The van der Waals surface area contributed by atoms with Crippen LogP contribution < -0.4 is 5.73 Å². The first-order valence-electron chi connectivity index (χ1n) is 3.34. The van der Waals surface area contributed by atoms with E-state index in [1.54, 1.807) is 13.0 Å². The highest BCUT2D eigenvalue weighted by Crippen LogP contribution is 2.24. The third-order valence-corrected chi connectivity index (χ3v) is 1.43. The molecule has 0 aromatic heterocycles. The van der Waals surface area contributed by atoms with Crippen molar-refractivity contribution in [1.29, 1.82) is 5.26 Å². The number of nitrogens with zero attached hydrogens (tertiary/aromatic N) is 1. The summed E-state index contributed by atoms with van der Waals surface area (Å²) in [7, 11) is 0. The highest BCUT2D eigenvalue weighted by atomic mass is 16.1. The van der Waals surface area contributed by atoms with Crippen LogP contribution in [0.25, 0.3) is 0 Å². The normalized spacial score (nSPS) is 14.5. The van der Waals surface area contributed by atoms with Gasteiger partial charge in [-0.25, -0.2) is 0 Å². The molecule has 2 N–H and O–H groups in total. The molecule has 0 aliphatic carbocycles. The molecular weight excluding hydrogens is 140 g/mol. The Morgan fingerprint density at radius 1 is 1.91 bits per heavy atom. The lowest BCUT2D eigenvalue weighted by Gasteiger charge is -2.16. The summed E-state index contributed by atoms with van der Waals surface area (Å²) in [5, 5.41) is 8.66.